The maximum Gasteiger partial charge on any atom is 0.417 e. The van der Waals surface area contributed by atoms with Crippen molar-refractivity contribution in [3.05, 3.63) is 0 Å². The summed E-state index contributed by atoms with van der Waals surface area (Å²) in [5.74, 6) is 0. The van der Waals surface area contributed by atoms with E-state index in [0.717, 1.165) is 0 Å². The van der Waals surface area contributed by atoms with Crippen molar-refractivity contribution in [3.8, 4) is 0 Å². The first kappa shape index (κ1) is 10.7. The van der Waals surface area contributed by atoms with Gasteiger partial charge in [0.1, 0.15) is 5.60 Å². The largest absolute Gasteiger partial charge is 0.465 e. The lowest BCUT2D eigenvalue weighted by molar-refractivity contribution is 0.0369. The topological polar surface area (TPSA) is 75.6 Å². The molecule has 0 aliphatic heterocycles. The molecule has 0 atom stereocenters. The van der Waals surface area contributed by atoms with E-state index >= 15 is 0 Å². The van der Waals surface area contributed by atoms with Crippen LogP contribution < -0.4 is 5.32 Å². The summed E-state index contributed by atoms with van der Waals surface area (Å²) in [7, 11) is 0. The molecule has 0 radical (unpaired) electrons. The molecular weight excluding hydrogens is 162 g/mol. The maximum atomic E-state index is 10.7. The molecule has 0 aliphatic carbocycles. The average Bonchev–Trinajstić information content (AvgIpc) is 1.84. The molecule has 0 fully saturated rings. The fourth-order valence-corrected chi connectivity index (χ4v) is 0.436. The number of carboxylic acid groups (broad SMARTS) is 1. The molecule has 0 aromatic rings. The quantitative estimate of drug-likeness (QED) is 0.668. The number of ether oxygens (including phenoxy) is 1. The molecule has 0 saturated heterocycles. The lowest BCUT2D eigenvalue weighted by Gasteiger charge is -2.22. The zero-order valence-corrected chi connectivity index (χ0v) is 7.38. The third kappa shape index (κ3) is 4.54. The van der Waals surface area contributed by atoms with Crippen molar-refractivity contribution in [2.24, 2.45) is 0 Å². The van der Waals surface area contributed by atoms with Crippen LogP contribution in [0.25, 0.3) is 0 Å². The highest BCUT2D eigenvalue weighted by Crippen LogP contribution is 2.12. The zero-order valence-electron chi connectivity index (χ0n) is 7.38. The molecular formula is C7H13NO4. The molecule has 70 valence electrons. The summed E-state index contributed by atoms with van der Waals surface area (Å²) in [6.45, 7) is 5.25. The highest BCUT2D eigenvalue weighted by Gasteiger charge is 2.21. The van der Waals surface area contributed by atoms with Crippen LogP contribution in [0.5, 0.6) is 0 Å². The van der Waals surface area contributed by atoms with Crippen molar-refractivity contribution in [3.63, 3.8) is 0 Å². The zero-order chi connectivity index (χ0) is 9.78. The Hall–Kier alpha value is -1.26. The first-order valence-electron chi connectivity index (χ1n) is 3.60. The Morgan fingerprint density at radius 1 is 1.50 bits per heavy atom. The minimum atomic E-state index is -1.41. The van der Waals surface area contributed by atoms with Gasteiger partial charge in [-0.15, -0.1) is 0 Å². The fourth-order valence-electron chi connectivity index (χ4n) is 0.436. The first-order valence-corrected chi connectivity index (χ1v) is 3.60. The van der Waals surface area contributed by atoms with Crippen LogP contribution in [-0.4, -0.2) is 22.9 Å². The van der Waals surface area contributed by atoms with Crippen LogP contribution >= 0.6 is 0 Å². The van der Waals surface area contributed by atoms with E-state index in [-0.39, 0.29) is 0 Å². The van der Waals surface area contributed by atoms with Gasteiger partial charge in [-0.1, -0.05) is 6.92 Å². The molecule has 0 unspecified atom stereocenters. The molecule has 0 bridgehead atoms. The van der Waals surface area contributed by atoms with Crippen molar-refractivity contribution in [2.45, 2.75) is 32.8 Å². The number of hydrogen-bond acceptors (Lipinski definition) is 3. The molecule has 5 heteroatoms. The Kier molecular flexibility index (Phi) is 3.53. The predicted octanol–water partition coefficient (Wildman–Crippen LogP) is 1.58. The number of alkyl carbamates (subject to hydrolysis) is 1. The highest BCUT2D eigenvalue weighted by molar-refractivity contribution is 5.86. The summed E-state index contributed by atoms with van der Waals surface area (Å²) in [4.78, 5) is 20.7. The van der Waals surface area contributed by atoms with E-state index in [0.29, 0.717) is 6.42 Å². The summed E-state index contributed by atoms with van der Waals surface area (Å²) >= 11 is 0. The van der Waals surface area contributed by atoms with E-state index in [4.69, 9.17) is 9.84 Å². The molecule has 0 aromatic heterocycles. The molecule has 0 rings (SSSR count). The van der Waals surface area contributed by atoms with Gasteiger partial charge in [-0.3, -0.25) is 0 Å². The third-order valence-electron chi connectivity index (χ3n) is 1.43. The molecule has 2 N–H and O–H groups in total. The molecule has 0 saturated carbocycles. The minimum Gasteiger partial charge on any atom is -0.465 e. The molecule has 5 nitrogen and oxygen atoms in total. The van der Waals surface area contributed by atoms with Crippen molar-refractivity contribution < 1.29 is 19.4 Å². The van der Waals surface area contributed by atoms with Crippen molar-refractivity contribution in [2.75, 3.05) is 0 Å². The second-order valence-electron chi connectivity index (χ2n) is 2.93. The van der Waals surface area contributed by atoms with E-state index in [1.807, 2.05) is 6.92 Å². The monoisotopic (exact) mass is 175 g/mol. The number of imide groups is 1. The predicted molar refractivity (Wildman–Crippen MR) is 42.0 cm³/mol. The Morgan fingerprint density at radius 3 is 2.33 bits per heavy atom. The van der Waals surface area contributed by atoms with Gasteiger partial charge in [-0.25, -0.2) is 14.9 Å². The Morgan fingerprint density at radius 2 is 2.00 bits per heavy atom. The number of carbonyl (C=O) groups is 2. The van der Waals surface area contributed by atoms with Crippen LogP contribution in [-0.2, 0) is 4.74 Å². The molecule has 0 spiro atoms. The lowest BCUT2D eigenvalue weighted by Crippen LogP contribution is -2.36. The SMILES string of the molecule is CCC(C)(C)OC(=O)NC(=O)O. The second-order valence-corrected chi connectivity index (χ2v) is 2.93. The number of hydrogen-bond donors (Lipinski definition) is 2. The number of nitrogens with one attached hydrogen (secondary N) is 1. The van der Waals surface area contributed by atoms with E-state index < -0.39 is 17.8 Å². The maximum absolute atomic E-state index is 10.7. The summed E-state index contributed by atoms with van der Waals surface area (Å²) in [5.41, 5.74) is -0.625. The summed E-state index contributed by atoms with van der Waals surface area (Å²) < 4.78 is 4.77. The van der Waals surface area contributed by atoms with Gasteiger partial charge in [0.2, 0.25) is 0 Å². The van der Waals surface area contributed by atoms with Gasteiger partial charge >= 0.3 is 12.2 Å². The van der Waals surface area contributed by atoms with E-state index in [1.54, 1.807) is 19.2 Å². The normalized spacial score (nSPS) is 10.6. The lowest BCUT2D eigenvalue weighted by atomic mass is 10.1. The Balaban J connectivity index is 3.92. The molecule has 12 heavy (non-hydrogen) atoms. The molecule has 0 aromatic carbocycles. The van der Waals surface area contributed by atoms with Gasteiger partial charge in [-0.05, 0) is 20.3 Å². The van der Waals surface area contributed by atoms with E-state index in [1.165, 1.54) is 0 Å². The Labute approximate surface area is 70.7 Å². The van der Waals surface area contributed by atoms with Crippen molar-refractivity contribution >= 4 is 12.2 Å². The third-order valence-corrected chi connectivity index (χ3v) is 1.43. The fraction of sp³-hybridized carbons (Fsp3) is 0.714. The number of carbonyl (C=O) groups excluding carboxylic acids is 1. The second kappa shape index (κ2) is 3.94. The first-order chi connectivity index (χ1) is 5.37. The standard InChI is InChI=1S/C7H13NO4/c1-4-7(2,3)12-6(11)8-5(9)10/h4H2,1-3H3,(H,8,11)(H,9,10). The van der Waals surface area contributed by atoms with Crippen molar-refractivity contribution in [1.29, 1.82) is 0 Å². The van der Waals surface area contributed by atoms with Crippen LogP contribution in [0.4, 0.5) is 9.59 Å². The van der Waals surface area contributed by atoms with Gasteiger partial charge in [0, 0.05) is 0 Å². The molecule has 0 aliphatic rings. The molecule has 2 amide bonds. The summed E-state index contributed by atoms with van der Waals surface area (Å²) in [6, 6.07) is 0. The average molecular weight is 175 g/mol. The van der Waals surface area contributed by atoms with Crippen LogP contribution in [0.1, 0.15) is 27.2 Å². The van der Waals surface area contributed by atoms with Crippen molar-refractivity contribution in [1.82, 2.24) is 5.32 Å². The van der Waals surface area contributed by atoms with E-state index in [2.05, 4.69) is 0 Å². The van der Waals surface area contributed by atoms with Crippen LogP contribution in [0.15, 0.2) is 0 Å². The summed E-state index contributed by atoms with van der Waals surface area (Å²) in [5, 5.41) is 9.73. The van der Waals surface area contributed by atoms with Gasteiger partial charge in [0.15, 0.2) is 0 Å². The van der Waals surface area contributed by atoms with Crippen LogP contribution in [0.2, 0.25) is 0 Å². The molecule has 0 heterocycles. The Bertz CT molecular complexity index is 188. The minimum absolute atomic E-state index is 0.625. The smallest absolute Gasteiger partial charge is 0.417 e. The van der Waals surface area contributed by atoms with E-state index in [9.17, 15) is 9.59 Å². The number of amides is 2. The van der Waals surface area contributed by atoms with Crippen LogP contribution in [0.3, 0.4) is 0 Å². The van der Waals surface area contributed by atoms with Gasteiger partial charge in [0.05, 0.1) is 0 Å². The van der Waals surface area contributed by atoms with Gasteiger partial charge in [-0.2, -0.15) is 0 Å². The summed E-state index contributed by atoms with van der Waals surface area (Å²) in [6.07, 6.45) is -1.72. The highest BCUT2D eigenvalue weighted by atomic mass is 16.6. The van der Waals surface area contributed by atoms with Crippen LogP contribution in [0, 0.1) is 0 Å². The van der Waals surface area contributed by atoms with Gasteiger partial charge < -0.3 is 9.84 Å². The number of rotatable bonds is 2. The van der Waals surface area contributed by atoms with Gasteiger partial charge in [0.25, 0.3) is 0 Å².